The minimum atomic E-state index is -3.35. The smallest absolute Gasteiger partial charge is 0.233 e. The number of hydrogen-bond acceptors (Lipinski definition) is 3. The third-order valence-electron chi connectivity index (χ3n) is 1.78. The van der Waals surface area contributed by atoms with Crippen LogP contribution in [0.3, 0.4) is 0 Å². The van der Waals surface area contributed by atoms with Gasteiger partial charge in [-0.25, -0.2) is 8.42 Å². The van der Waals surface area contributed by atoms with Crippen LogP contribution in [0.15, 0.2) is 24.3 Å². The molecular formula is C9H12ClNO3S. The van der Waals surface area contributed by atoms with Crippen LogP contribution in [0.25, 0.3) is 0 Å². The van der Waals surface area contributed by atoms with E-state index in [1.54, 1.807) is 24.3 Å². The molecule has 1 aromatic carbocycles. The van der Waals surface area contributed by atoms with Gasteiger partial charge < -0.3 is 0 Å². The Morgan fingerprint density at radius 1 is 1.33 bits per heavy atom. The van der Waals surface area contributed by atoms with E-state index in [0.717, 1.165) is 5.56 Å². The lowest BCUT2D eigenvalue weighted by atomic mass is 10.2. The first kappa shape index (κ1) is 12.4. The van der Waals surface area contributed by atoms with E-state index in [9.17, 15) is 8.42 Å². The fraction of sp³-hybridized carbons (Fsp3) is 0.333. The summed E-state index contributed by atoms with van der Waals surface area (Å²) in [7, 11) is -2.08. The molecule has 1 aromatic rings. The highest BCUT2D eigenvalue weighted by Gasteiger charge is 2.09. The summed E-state index contributed by atoms with van der Waals surface area (Å²) in [5.74, 6) is -0.0114. The van der Waals surface area contributed by atoms with Crippen molar-refractivity contribution < 1.29 is 13.3 Å². The van der Waals surface area contributed by atoms with Crippen molar-refractivity contribution in [1.82, 2.24) is 4.89 Å². The second-order valence-corrected chi connectivity index (χ2v) is 5.22. The molecule has 0 aliphatic carbocycles. The summed E-state index contributed by atoms with van der Waals surface area (Å²) >= 11 is 5.70. The van der Waals surface area contributed by atoms with E-state index in [1.165, 1.54) is 7.11 Å². The molecule has 0 aliphatic heterocycles. The van der Waals surface area contributed by atoms with E-state index < -0.39 is 10.0 Å². The van der Waals surface area contributed by atoms with E-state index in [-0.39, 0.29) is 5.75 Å². The molecule has 0 saturated carbocycles. The maximum absolute atomic E-state index is 11.2. The van der Waals surface area contributed by atoms with Gasteiger partial charge in [-0.2, -0.15) is 0 Å². The van der Waals surface area contributed by atoms with Crippen LogP contribution >= 0.6 is 11.6 Å². The molecule has 0 atom stereocenters. The molecule has 0 bridgehead atoms. The Kier molecular flexibility index (Phi) is 4.53. The molecule has 0 fully saturated rings. The van der Waals surface area contributed by atoms with Gasteiger partial charge in [0.05, 0.1) is 12.9 Å². The number of aryl methyl sites for hydroxylation is 1. The SMILES string of the molecule is CONS(=O)(=O)CCc1ccc(Cl)cc1. The molecule has 0 unspecified atom stereocenters. The summed E-state index contributed by atoms with van der Waals surface area (Å²) in [6.45, 7) is 0. The molecule has 0 spiro atoms. The Morgan fingerprint density at radius 3 is 2.47 bits per heavy atom. The van der Waals surface area contributed by atoms with Crippen molar-refractivity contribution in [3.8, 4) is 0 Å². The van der Waals surface area contributed by atoms with Crippen LogP contribution in [0.1, 0.15) is 5.56 Å². The van der Waals surface area contributed by atoms with Crippen LogP contribution in [-0.4, -0.2) is 21.3 Å². The zero-order chi connectivity index (χ0) is 11.3. The zero-order valence-corrected chi connectivity index (χ0v) is 9.81. The zero-order valence-electron chi connectivity index (χ0n) is 8.23. The van der Waals surface area contributed by atoms with Crippen molar-refractivity contribution in [2.45, 2.75) is 6.42 Å². The maximum Gasteiger partial charge on any atom is 0.233 e. The molecule has 15 heavy (non-hydrogen) atoms. The van der Waals surface area contributed by atoms with Crippen LogP contribution in [0.2, 0.25) is 5.02 Å². The van der Waals surface area contributed by atoms with Crippen LogP contribution in [0.5, 0.6) is 0 Å². The van der Waals surface area contributed by atoms with Gasteiger partial charge in [-0.3, -0.25) is 4.84 Å². The van der Waals surface area contributed by atoms with Crippen LogP contribution in [-0.2, 0) is 21.3 Å². The van der Waals surface area contributed by atoms with Gasteiger partial charge >= 0.3 is 0 Å². The lowest BCUT2D eigenvalue weighted by Gasteiger charge is -2.04. The third-order valence-corrected chi connectivity index (χ3v) is 3.20. The fourth-order valence-electron chi connectivity index (χ4n) is 1.07. The van der Waals surface area contributed by atoms with E-state index in [1.807, 2.05) is 4.89 Å². The molecule has 0 saturated heterocycles. The van der Waals surface area contributed by atoms with Gasteiger partial charge in [0.15, 0.2) is 0 Å². The first-order valence-corrected chi connectivity index (χ1v) is 6.33. The van der Waals surface area contributed by atoms with Crippen molar-refractivity contribution in [1.29, 1.82) is 0 Å². The Hall–Kier alpha value is -0.620. The molecule has 0 radical (unpaired) electrons. The van der Waals surface area contributed by atoms with Gasteiger partial charge in [0, 0.05) is 5.02 Å². The highest BCUT2D eigenvalue weighted by Crippen LogP contribution is 2.10. The summed E-state index contributed by atoms with van der Waals surface area (Å²) in [5, 5.41) is 0.636. The fourth-order valence-corrected chi connectivity index (χ4v) is 2.04. The summed E-state index contributed by atoms with van der Waals surface area (Å²) in [6.07, 6.45) is 0.426. The molecule has 0 aliphatic rings. The molecule has 1 N–H and O–H groups in total. The minimum absolute atomic E-state index is 0.0114. The van der Waals surface area contributed by atoms with Crippen molar-refractivity contribution in [2.75, 3.05) is 12.9 Å². The Bertz CT molecular complexity index is 402. The number of hydrogen-bond donors (Lipinski definition) is 1. The molecule has 4 nitrogen and oxygen atoms in total. The number of benzene rings is 1. The molecule has 1 rings (SSSR count). The minimum Gasteiger partial charge on any atom is -0.290 e. The summed E-state index contributed by atoms with van der Waals surface area (Å²) in [6, 6.07) is 7.05. The van der Waals surface area contributed by atoms with E-state index >= 15 is 0 Å². The Morgan fingerprint density at radius 2 is 1.93 bits per heavy atom. The maximum atomic E-state index is 11.2. The topological polar surface area (TPSA) is 55.4 Å². The number of halogens is 1. The third kappa shape index (κ3) is 4.61. The molecular weight excluding hydrogens is 238 g/mol. The van der Waals surface area contributed by atoms with Crippen molar-refractivity contribution >= 4 is 21.6 Å². The Labute approximate surface area is 94.2 Å². The standard InChI is InChI=1S/C9H12ClNO3S/c1-14-11-15(12,13)7-6-8-2-4-9(10)5-3-8/h2-5,11H,6-7H2,1H3. The first-order chi connectivity index (χ1) is 7.03. The lowest BCUT2D eigenvalue weighted by Crippen LogP contribution is -2.26. The highest BCUT2D eigenvalue weighted by atomic mass is 35.5. The van der Waals surface area contributed by atoms with Crippen molar-refractivity contribution in [2.24, 2.45) is 0 Å². The average molecular weight is 250 g/mol. The normalized spacial score (nSPS) is 11.6. The number of rotatable bonds is 5. The van der Waals surface area contributed by atoms with Gasteiger partial charge in [-0.05, 0) is 24.1 Å². The number of nitrogens with one attached hydrogen (secondary N) is 1. The second kappa shape index (κ2) is 5.46. The largest absolute Gasteiger partial charge is 0.290 e. The van der Waals surface area contributed by atoms with Crippen molar-refractivity contribution in [3.05, 3.63) is 34.9 Å². The van der Waals surface area contributed by atoms with E-state index in [0.29, 0.717) is 11.4 Å². The Balaban J connectivity index is 2.54. The van der Waals surface area contributed by atoms with Gasteiger partial charge in [-0.15, -0.1) is 0 Å². The number of sulfonamides is 1. The predicted octanol–water partition coefficient (Wildman–Crippen LogP) is 1.36. The van der Waals surface area contributed by atoms with Gasteiger partial charge in [0.1, 0.15) is 0 Å². The summed E-state index contributed by atoms with van der Waals surface area (Å²) in [4.78, 5) is 6.30. The van der Waals surface area contributed by atoms with Gasteiger partial charge in [-0.1, -0.05) is 28.6 Å². The quantitative estimate of drug-likeness (QED) is 0.802. The van der Waals surface area contributed by atoms with Gasteiger partial charge in [0.2, 0.25) is 10.0 Å². The molecule has 6 heteroatoms. The predicted molar refractivity (Wildman–Crippen MR) is 59.1 cm³/mol. The first-order valence-electron chi connectivity index (χ1n) is 4.30. The highest BCUT2D eigenvalue weighted by molar-refractivity contribution is 7.89. The monoisotopic (exact) mass is 249 g/mol. The average Bonchev–Trinajstić information content (AvgIpc) is 2.17. The summed E-state index contributed by atoms with van der Waals surface area (Å²) < 4.78 is 22.4. The van der Waals surface area contributed by atoms with Crippen LogP contribution in [0.4, 0.5) is 0 Å². The molecule has 0 amide bonds. The summed E-state index contributed by atoms with van der Waals surface area (Å²) in [5.41, 5.74) is 0.917. The van der Waals surface area contributed by atoms with Crippen molar-refractivity contribution in [3.63, 3.8) is 0 Å². The van der Waals surface area contributed by atoms with Crippen LogP contribution in [0, 0.1) is 0 Å². The molecule has 0 aromatic heterocycles. The van der Waals surface area contributed by atoms with E-state index in [2.05, 4.69) is 4.84 Å². The second-order valence-electron chi connectivity index (χ2n) is 2.98. The van der Waals surface area contributed by atoms with Crippen LogP contribution < -0.4 is 4.89 Å². The van der Waals surface area contributed by atoms with Gasteiger partial charge in [0.25, 0.3) is 0 Å². The van der Waals surface area contributed by atoms with E-state index in [4.69, 9.17) is 11.6 Å². The molecule has 84 valence electrons. The lowest BCUT2D eigenvalue weighted by molar-refractivity contribution is 0.153. The molecule has 0 heterocycles.